The van der Waals surface area contributed by atoms with Crippen LogP contribution >= 0.6 is 10.7 Å². The van der Waals surface area contributed by atoms with Crippen LogP contribution in [0, 0.1) is 0 Å². The second-order valence-corrected chi connectivity index (χ2v) is 3.44. The summed E-state index contributed by atoms with van der Waals surface area (Å²) in [6.45, 7) is 0. The molecule has 0 saturated heterocycles. The second-order valence-electron chi connectivity index (χ2n) is 0.884. The van der Waals surface area contributed by atoms with Crippen LogP contribution in [0.3, 0.4) is 0 Å². The first-order chi connectivity index (χ1) is 3.25. The van der Waals surface area contributed by atoms with Gasteiger partial charge in [0.15, 0.2) is 0 Å². The van der Waals surface area contributed by atoms with Crippen LogP contribution in [0.25, 0.3) is 0 Å². The van der Waals surface area contributed by atoms with E-state index in [2.05, 4.69) is 10.7 Å². The maximum absolute atomic E-state index is 10.8. The van der Waals surface area contributed by atoms with Gasteiger partial charge in [0.1, 0.15) is 0 Å². The van der Waals surface area contributed by atoms with Gasteiger partial charge in [-0.3, -0.25) is 0 Å². The Morgan fingerprint density at radius 2 is 1.33 bits per heavy atom. The van der Waals surface area contributed by atoms with E-state index in [0.29, 0.717) is 0 Å². The fourth-order valence-corrected chi connectivity index (χ4v) is 0. The predicted molar refractivity (Wildman–Crippen MR) is 25.8 cm³/mol. The minimum Gasteiger partial charge on any atom is -0.344 e. The first-order valence-corrected chi connectivity index (χ1v) is 3.57. The third-order valence-electron chi connectivity index (χ3n) is 0.276. The van der Waals surface area contributed by atoms with Crippen LogP contribution in [0.5, 0.6) is 0 Å². The van der Waals surface area contributed by atoms with E-state index < -0.39 is 14.6 Å². The minimum absolute atomic E-state index is 0. The van der Waals surface area contributed by atoms with Gasteiger partial charge in [0.25, 0.3) is 0 Å². The van der Waals surface area contributed by atoms with Crippen molar-refractivity contribution in [2.45, 2.75) is 5.51 Å². The topological polar surface area (TPSA) is 69.1 Å². The predicted octanol–water partition coefficient (Wildman–Crippen LogP) is 1.24. The van der Waals surface area contributed by atoms with E-state index in [4.69, 9.17) is 0 Å². The molecule has 0 heterocycles. The van der Waals surface area contributed by atoms with Crippen molar-refractivity contribution in [2.24, 2.45) is 0 Å². The molecule has 0 fully saturated rings. The molecule has 0 unspecified atom stereocenters. The van der Waals surface area contributed by atoms with Crippen molar-refractivity contribution < 1.29 is 21.6 Å². The van der Waals surface area contributed by atoms with Gasteiger partial charge in [-0.1, -0.05) is 0 Å². The standard InChI is InChI=1S/CClF3O2S.H3N/c2-8(6,7)1(3,4)5;/h;1H3. The lowest BCUT2D eigenvalue weighted by molar-refractivity contribution is -0.0412. The molecule has 0 atom stereocenters. The molecule has 0 bridgehead atoms. The molecule has 0 radical (unpaired) electrons. The fraction of sp³-hybridized carbons (Fsp3) is 1.00. The summed E-state index contributed by atoms with van der Waals surface area (Å²) in [6.07, 6.45) is 0. The van der Waals surface area contributed by atoms with Crippen molar-refractivity contribution in [3.05, 3.63) is 0 Å². The van der Waals surface area contributed by atoms with Gasteiger partial charge in [0, 0.05) is 10.7 Å². The molecule has 0 aliphatic rings. The van der Waals surface area contributed by atoms with Crippen LogP contribution in [-0.4, -0.2) is 13.9 Å². The Bertz CT molecular complexity index is 171. The molecular weight excluding hydrogens is 183 g/mol. The Balaban J connectivity index is 0. The zero-order valence-electron chi connectivity index (χ0n) is 3.94. The van der Waals surface area contributed by atoms with E-state index in [1.54, 1.807) is 0 Å². The summed E-state index contributed by atoms with van der Waals surface area (Å²) in [6, 6.07) is 0. The van der Waals surface area contributed by atoms with Crippen LogP contribution < -0.4 is 6.15 Å². The van der Waals surface area contributed by atoms with Gasteiger partial charge in [-0.15, -0.1) is 0 Å². The van der Waals surface area contributed by atoms with Crippen LogP contribution in [0.2, 0.25) is 0 Å². The highest BCUT2D eigenvalue weighted by Gasteiger charge is 2.44. The van der Waals surface area contributed by atoms with E-state index >= 15 is 0 Å². The molecule has 0 spiro atoms. The van der Waals surface area contributed by atoms with Gasteiger partial charge < -0.3 is 6.15 Å². The van der Waals surface area contributed by atoms with E-state index in [0.717, 1.165) is 0 Å². The molecule has 0 aliphatic carbocycles. The molecule has 0 aromatic heterocycles. The van der Waals surface area contributed by atoms with Crippen LogP contribution in [0.1, 0.15) is 0 Å². The van der Waals surface area contributed by atoms with Gasteiger partial charge in [-0.2, -0.15) is 13.2 Å². The first kappa shape index (κ1) is 11.7. The van der Waals surface area contributed by atoms with E-state index in [9.17, 15) is 21.6 Å². The molecule has 0 aromatic rings. The van der Waals surface area contributed by atoms with Crippen molar-refractivity contribution in [2.75, 3.05) is 0 Å². The van der Waals surface area contributed by atoms with Crippen molar-refractivity contribution in [3.8, 4) is 0 Å². The molecule has 58 valence electrons. The lowest BCUT2D eigenvalue weighted by Gasteiger charge is -1.96. The number of rotatable bonds is 0. The van der Waals surface area contributed by atoms with E-state index in [1.165, 1.54) is 0 Å². The minimum atomic E-state index is -5.37. The Morgan fingerprint density at radius 3 is 1.33 bits per heavy atom. The van der Waals surface area contributed by atoms with Gasteiger partial charge in [0.2, 0.25) is 0 Å². The van der Waals surface area contributed by atoms with E-state index in [-0.39, 0.29) is 6.15 Å². The largest absolute Gasteiger partial charge is 0.511 e. The first-order valence-electron chi connectivity index (χ1n) is 1.26. The third kappa shape index (κ3) is 3.55. The summed E-state index contributed by atoms with van der Waals surface area (Å²) in [5, 5.41) is 0. The summed E-state index contributed by atoms with van der Waals surface area (Å²) in [7, 11) is -1.51. The zero-order valence-corrected chi connectivity index (χ0v) is 5.52. The average molecular weight is 186 g/mol. The van der Waals surface area contributed by atoms with Gasteiger partial charge in [-0.25, -0.2) is 8.42 Å². The molecule has 9 heavy (non-hydrogen) atoms. The molecule has 0 saturated carbocycles. The number of hydrogen-bond donors (Lipinski definition) is 1. The van der Waals surface area contributed by atoms with Gasteiger partial charge >= 0.3 is 14.6 Å². The highest BCUT2D eigenvalue weighted by atomic mass is 35.7. The molecular formula is CH3ClF3NO2S. The van der Waals surface area contributed by atoms with Gasteiger partial charge in [0.05, 0.1) is 0 Å². The highest BCUT2D eigenvalue weighted by molar-refractivity contribution is 8.14. The highest BCUT2D eigenvalue weighted by Crippen LogP contribution is 2.25. The number of halogens is 4. The van der Waals surface area contributed by atoms with E-state index in [1.807, 2.05) is 0 Å². The van der Waals surface area contributed by atoms with Crippen molar-refractivity contribution in [3.63, 3.8) is 0 Å². The van der Waals surface area contributed by atoms with Crippen molar-refractivity contribution in [1.29, 1.82) is 0 Å². The SMILES string of the molecule is N.O=S(=O)(Cl)C(F)(F)F. The summed E-state index contributed by atoms with van der Waals surface area (Å²) in [5.41, 5.74) is -5.32. The lowest BCUT2D eigenvalue weighted by Crippen LogP contribution is -2.16. The molecule has 0 aliphatic heterocycles. The lowest BCUT2D eigenvalue weighted by atomic mass is 11.6. The fourth-order valence-electron chi connectivity index (χ4n) is 0. The monoisotopic (exact) mass is 185 g/mol. The second kappa shape index (κ2) is 2.72. The third-order valence-corrected chi connectivity index (χ3v) is 1.35. The summed E-state index contributed by atoms with van der Waals surface area (Å²) in [5.74, 6) is 0. The number of hydrogen-bond acceptors (Lipinski definition) is 3. The van der Waals surface area contributed by atoms with Crippen molar-refractivity contribution >= 4 is 19.7 Å². The molecule has 3 N–H and O–H groups in total. The molecule has 0 amide bonds. The van der Waals surface area contributed by atoms with Crippen LogP contribution in [0.15, 0.2) is 0 Å². The average Bonchev–Trinajstić information content (AvgIpc) is 1.25. The summed E-state index contributed by atoms with van der Waals surface area (Å²) < 4.78 is 51.1. The Kier molecular flexibility index (Phi) is 3.54. The molecule has 0 aromatic carbocycles. The normalized spacial score (nSPS) is 12.4. The molecule has 0 rings (SSSR count). The Hall–Kier alpha value is -0.0100. The maximum Gasteiger partial charge on any atom is 0.511 e. The Labute approximate surface area is 53.8 Å². The summed E-state index contributed by atoms with van der Waals surface area (Å²) >= 11 is 0. The smallest absolute Gasteiger partial charge is 0.344 e. The quantitative estimate of drug-likeness (QED) is 0.577. The summed E-state index contributed by atoms with van der Waals surface area (Å²) in [4.78, 5) is 0. The molecule has 3 nitrogen and oxygen atoms in total. The number of alkyl halides is 3. The van der Waals surface area contributed by atoms with Crippen molar-refractivity contribution in [1.82, 2.24) is 6.15 Å². The molecule has 8 heteroatoms. The van der Waals surface area contributed by atoms with Gasteiger partial charge in [-0.05, 0) is 0 Å². The van der Waals surface area contributed by atoms with Crippen LogP contribution in [-0.2, 0) is 9.05 Å². The zero-order chi connectivity index (χ0) is 7.00. The maximum atomic E-state index is 10.8. The Morgan fingerprint density at radius 1 is 1.22 bits per heavy atom. The van der Waals surface area contributed by atoms with Crippen LogP contribution in [0.4, 0.5) is 13.2 Å².